The molecule has 1 aliphatic heterocycles. The number of rotatable bonds is 9. The standard InChI is InChI=1S/C33H30N2O8S/c1-18-15-22(43-17-20-9-7-6-8-10-20)12-13-23(18)28(36)26-27(21-11-14-24(40-3)25(16-21)41-4)35(31(38)29(26)37)33-34-19(2)30(44-33)32(39)42-5/h6-16,27,36H,17H2,1-5H3/t27-/m0/s1. The number of carbonyl (C=O) groups excluding carboxylic acids is 3. The second-order valence-electron chi connectivity index (χ2n) is 9.94. The molecule has 0 bridgehead atoms. The van der Waals surface area contributed by atoms with E-state index in [2.05, 4.69) is 4.98 Å². The number of aromatic nitrogens is 1. The maximum Gasteiger partial charge on any atom is 0.350 e. The highest BCUT2D eigenvalue weighted by atomic mass is 32.1. The van der Waals surface area contributed by atoms with Crippen molar-refractivity contribution in [3.05, 3.63) is 105 Å². The van der Waals surface area contributed by atoms with E-state index < -0.39 is 23.7 Å². The molecule has 1 aliphatic rings. The number of amides is 1. The van der Waals surface area contributed by atoms with E-state index in [9.17, 15) is 19.5 Å². The largest absolute Gasteiger partial charge is 0.507 e. The molecule has 5 rings (SSSR count). The van der Waals surface area contributed by atoms with Crippen molar-refractivity contribution in [1.82, 2.24) is 4.98 Å². The van der Waals surface area contributed by atoms with Crippen LogP contribution in [-0.4, -0.2) is 49.1 Å². The summed E-state index contributed by atoms with van der Waals surface area (Å²) in [7, 11) is 4.21. The van der Waals surface area contributed by atoms with E-state index in [0.717, 1.165) is 16.9 Å². The van der Waals surface area contributed by atoms with Gasteiger partial charge in [-0.1, -0.05) is 47.7 Å². The fourth-order valence-electron chi connectivity index (χ4n) is 5.01. The minimum Gasteiger partial charge on any atom is -0.507 e. The number of esters is 1. The Morgan fingerprint density at radius 1 is 0.955 bits per heavy atom. The molecule has 1 aromatic heterocycles. The zero-order valence-corrected chi connectivity index (χ0v) is 25.6. The monoisotopic (exact) mass is 614 g/mol. The molecule has 1 saturated heterocycles. The molecular weight excluding hydrogens is 584 g/mol. The number of ketones is 1. The number of Topliss-reactive ketones (excluding diaryl/α,β-unsaturated/α-hetero) is 1. The highest BCUT2D eigenvalue weighted by molar-refractivity contribution is 7.17. The number of methoxy groups -OCH3 is 3. The average Bonchev–Trinajstić information content (AvgIpc) is 3.55. The van der Waals surface area contributed by atoms with Crippen LogP contribution in [0.2, 0.25) is 0 Å². The molecule has 0 spiro atoms. The van der Waals surface area contributed by atoms with E-state index in [1.54, 1.807) is 50.2 Å². The summed E-state index contributed by atoms with van der Waals surface area (Å²) in [6, 6.07) is 18.6. The van der Waals surface area contributed by atoms with Gasteiger partial charge in [-0.15, -0.1) is 0 Å². The summed E-state index contributed by atoms with van der Waals surface area (Å²) in [5.74, 6) is -1.41. The SMILES string of the molecule is COC(=O)c1sc(N2C(=O)C(=O)C(=C(O)c3ccc(OCc4ccccc4)cc3C)[C@@H]2c2ccc(OC)c(OC)c2)nc1C. The molecule has 3 aromatic carbocycles. The topological polar surface area (TPSA) is 124 Å². The van der Waals surface area contributed by atoms with Gasteiger partial charge in [-0.3, -0.25) is 14.5 Å². The van der Waals surface area contributed by atoms with Crippen molar-refractivity contribution in [2.24, 2.45) is 0 Å². The quantitative estimate of drug-likeness (QED) is 0.108. The molecule has 11 heteroatoms. The summed E-state index contributed by atoms with van der Waals surface area (Å²) in [6.45, 7) is 3.74. The number of nitrogens with zero attached hydrogens (tertiary/aromatic N) is 2. The number of hydrogen-bond acceptors (Lipinski definition) is 10. The minimum atomic E-state index is -1.10. The van der Waals surface area contributed by atoms with Gasteiger partial charge < -0.3 is 24.1 Å². The summed E-state index contributed by atoms with van der Waals surface area (Å²) < 4.78 is 21.7. The van der Waals surface area contributed by atoms with Crippen LogP contribution in [-0.2, 0) is 20.9 Å². The van der Waals surface area contributed by atoms with E-state index in [-0.39, 0.29) is 21.3 Å². The van der Waals surface area contributed by atoms with Crippen LogP contribution in [0.4, 0.5) is 5.13 Å². The maximum absolute atomic E-state index is 13.7. The van der Waals surface area contributed by atoms with Crippen LogP contribution < -0.4 is 19.1 Å². The average molecular weight is 615 g/mol. The maximum atomic E-state index is 13.7. The van der Waals surface area contributed by atoms with E-state index in [1.807, 2.05) is 30.3 Å². The zero-order valence-electron chi connectivity index (χ0n) is 24.7. The van der Waals surface area contributed by atoms with Crippen LogP contribution in [0.25, 0.3) is 5.76 Å². The van der Waals surface area contributed by atoms with E-state index in [0.29, 0.717) is 46.2 Å². The third-order valence-corrected chi connectivity index (χ3v) is 8.37. The first kappa shape index (κ1) is 30.3. The van der Waals surface area contributed by atoms with Crippen molar-refractivity contribution in [2.75, 3.05) is 26.2 Å². The third-order valence-electron chi connectivity index (χ3n) is 7.23. The smallest absolute Gasteiger partial charge is 0.350 e. The number of aryl methyl sites for hydroxylation is 2. The van der Waals surface area contributed by atoms with E-state index in [1.165, 1.54) is 26.2 Å². The molecule has 1 amide bonds. The van der Waals surface area contributed by atoms with Crippen molar-refractivity contribution in [3.8, 4) is 17.2 Å². The molecule has 226 valence electrons. The molecule has 0 saturated carbocycles. The van der Waals surface area contributed by atoms with Crippen molar-refractivity contribution < 1.29 is 38.4 Å². The lowest BCUT2D eigenvalue weighted by Gasteiger charge is -2.24. The minimum absolute atomic E-state index is 0.102. The number of hydrogen-bond donors (Lipinski definition) is 1. The second kappa shape index (κ2) is 12.6. The molecule has 0 unspecified atom stereocenters. The number of benzene rings is 3. The van der Waals surface area contributed by atoms with Gasteiger partial charge in [0.25, 0.3) is 5.78 Å². The van der Waals surface area contributed by atoms with Crippen LogP contribution in [0.5, 0.6) is 17.2 Å². The molecule has 1 N–H and O–H groups in total. The second-order valence-corrected chi connectivity index (χ2v) is 10.9. The molecule has 10 nitrogen and oxygen atoms in total. The lowest BCUT2D eigenvalue weighted by atomic mass is 9.93. The predicted molar refractivity (Wildman–Crippen MR) is 164 cm³/mol. The molecule has 2 heterocycles. The van der Waals surface area contributed by atoms with Crippen LogP contribution in [0.15, 0.2) is 72.3 Å². The molecule has 44 heavy (non-hydrogen) atoms. The van der Waals surface area contributed by atoms with Crippen LogP contribution in [0.3, 0.4) is 0 Å². The van der Waals surface area contributed by atoms with Crippen molar-refractivity contribution in [3.63, 3.8) is 0 Å². The molecule has 0 radical (unpaired) electrons. The Kier molecular flexibility index (Phi) is 8.68. The van der Waals surface area contributed by atoms with Crippen LogP contribution in [0, 0.1) is 13.8 Å². The highest BCUT2D eigenvalue weighted by Gasteiger charge is 2.48. The Morgan fingerprint density at radius 2 is 1.68 bits per heavy atom. The lowest BCUT2D eigenvalue weighted by Crippen LogP contribution is -2.29. The van der Waals surface area contributed by atoms with E-state index >= 15 is 0 Å². The first-order chi connectivity index (χ1) is 21.2. The van der Waals surface area contributed by atoms with Gasteiger partial charge in [0.2, 0.25) is 0 Å². The Balaban J connectivity index is 1.62. The Bertz CT molecular complexity index is 1780. The third kappa shape index (κ3) is 5.61. The van der Waals surface area contributed by atoms with Crippen molar-refractivity contribution >= 4 is 39.9 Å². The number of carbonyl (C=O) groups is 3. The Labute approximate surface area is 258 Å². The van der Waals surface area contributed by atoms with Gasteiger partial charge in [0.05, 0.1) is 38.6 Å². The van der Waals surface area contributed by atoms with Crippen LogP contribution >= 0.6 is 11.3 Å². The summed E-state index contributed by atoms with van der Waals surface area (Å²) in [6.07, 6.45) is 0. The van der Waals surface area contributed by atoms with Gasteiger partial charge in [-0.05, 0) is 60.9 Å². The summed E-state index contributed by atoms with van der Waals surface area (Å²) in [5.41, 5.74) is 2.63. The summed E-state index contributed by atoms with van der Waals surface area (Å²) in [4.78, 5) is 45.5. The first-order valence-corrected chi connectivity index (χ1v) is 14.4. The van der Waals surface area contributed by atoms with Gasteiger partial charge >= 0.3 is 11.9 Å². The van der Waals surface area contributed by atoms with Gasteiger partial charge in [0.15, 0.2) is 16.6 Å². The summed E-state index contributed by atoms with van der Waals surface area (Å²) in [5, 5.41) is 11.8. The highest BCUT2D eigenvalue weighted by Crippen LogP contribution is 2.46. The number of aliphatic hydroxyl groups is 1. The molecule has 4 aromatic rings. The van der Waals surface area contributed by atoms with Gasteiger partial charge in [-0.25, -0.2) is 9.78 Å². The number of anilines is 1. The number of thiazole rings is 1. The normalized spacial score (nSPS) is 15.8. The van der Waals surface area contributed by atoms with Gasteiger partial charge in [0, 0.05) is 5.56 Å². The molecule has 0 aliphatic carbocycles. The van der Waals surface area contributed by atoms with Crippen LogP contribution in [0.1, 0.15) is 43.7 Å². The predicted octanol–water partition coefficient (Wildman–Crippen LogP) is 5.77. The zero-order chi connectivity index (χ0) is 31.5. The number of aliphatic hydroxyl groups excluding tert-OH is 1. The Hall–Kier alpha value is -5.16. The van der Waals surface area contributed by atoms with Crippen molar-refractivity contribution in [1.29, 1.82) is 0 Å². The Morgan fingerprint density at radius 3 is 2.34 bits per heavy atom. The van der Waals surface area contributed by atoms with E-state index in [4.69, 9.17) is 18.9 Å². The molecular formula is C33H30N2O8S. The van der Waals surface area contributed by atoms with Gasteiger partial charge in [0.1, 0.15) is 23.0 Å². The fourth-order valence-corrected chi connectivity index (χ4v) is 6.02. The summed E-state index contributed by atoms with van der Waals surface area (Å²) >= 11 is 0.920. The number of ether oxygens (including phenoxy) is 4. The fraction of sp³-hybridized carbons (Fsp3) is 0.212. The molecule has 1 atom stereocenters. The lowest BCUT2D eigenvalue weighted by molar-refractivity contribution is -0.132. The van der Waals surface area contributed by atoms with Gasteiger partial charge in [-0.2, -0.15) is 0 Å². The first-order valence-electron chi connectivity index (χ1n) is 13.5. The van der Waals surface area contributed by atoms with Crippen molar-refractivity contribution in [2.45, 2.75) is 26.5 Å². The molecule has 1 fully saturated rings.